The molecule has 4 rings (SSSR count). The number of aliphatic hydroxyl groups is 1. The van der Waals surface area contributed by atoms with Gasteiger partial charge in [0.25, 0.3) is 0 Å². The lowest BCUT2D eigenvalue weighted by molar-refractivity contribution is -0.0234. The summed E-state index contributed by atoms with van der Waals surface area (Å²) in [7, 11) is 0. The number of Topliss-reactive ketones (excluding diaryl/α,β-unsaturated/α-hetero) is 1. The van der Waals surface area contributed by atoms with Crippen LogP contribution in [0.5, 0.6) is 0 Å². The minimum atomic E-state index is -0.230. The van der Waals surface area contributed by atoms with Gasteiger partial charge in [0.2, 0.25) is 0 Å². The summed E-state index contributed by atoms with van der Waals surface area (Å²) in [6.07, 6.45) is 4.48. The summed E-state index contributed by atoms with van der Waals surface area (Å²) in [5.74, 6) is 0.620. The van der Waals surface area contributed by atoms with Crippen molar-refractivity contribution in [2.45, 2.75) is 50.5 Å². The van der Waals surface area contributed by atoms with Crippen molar-refractivity contribution in [2.24, 2.45) is 11.3 Å². The Labute approximate surface area is 113 Å². The second kappa shape index (κ2) is 3.49. The van der Waals surface area contributed by atoms with Gasteiger partial charge in [0.15, 0.2) is 5.78 Å². The molecule has 4 atom stereocenters. The van der Waals surface area contributed by atoms with Gasteiger partial charge in [-0.3, -0.25) is 4.79 Å². The molecule has 100 valence electrons. The number of ketones is 1. The summed E-state index contributed by atoms with van der Waals surface area (Å²) in [5.41, 5.74) is 2.44. The van der Waals surface area contributed by atoms with Crippen molar-refractivity contribution >= 4 is 5.78 Å². The average molecular weight is 256 g/mol. The SMILES string of the molecule is C[C@]12CC[C@@]3(C1)c1ccccc1C(=O)C[C@H]3C[C@@H]2O. The minimum absolute atomic E-state index is 0.0595. The molecule has 0 radical (unpaired) electrons. The zero-order valence-corrected chi connectivity index (χ0v) is 11.4. The maximum Gasteiger partial charge on any atom is 0.163 e. The van der Waals surface area contributed by atoms with Crippen molar-refractivity contribution in [2.75, 3.05) is 0 Å². The van der Waals surface area contributed by atoms with E-state index in [1.54, 1.807) is 0 Å². The number of carbonyl (C=O) groups excluding carboxylic acids is 1. The lowest BCUT2D eigenvalue weighted by Crippen LogP contribution is -2.48. The predicted octanol–water partition coefficient (Wildman–Crippen LogP) is 3.08. The molecule has 1 spiro atoms. The third-order valence-corrected chi connectivity index (χ3v) is 6.15. The van der Waals surface area contributed by atoms with Crippen LogP contribution < -0.4 is 0 Å². The van der Waals surface area contributed by atoms with E-state index in [2.05, 4.69) is 19.1 Å². The molecule has 2 saturated carbocycles. The number of benzene rings is 1. The predicted molar refractivity (Wildman–Crippen MR) is 73.1 cm³/mol. The normalized spacial score (nSPS) is 43.8. The van der Waals surface area contributed by atoms with Crippen molar-refractivity contribution in [3.05, 3.63) is 35.4 Å². The molecular weight excluding hydrogens is 236 g/mol. The maximum absolute atomic E-state index is 12.3. The highest BCUT2D eigenvalue weighted by Gasteiger charge is 2.60. The summed E-state index contributed by atoms with van der Waals surface area (Å²) in [5, 5.41) is 10.4. The fourth-order valence-electron chi connectivity index (χ4n) is 5.04. The zero-order valence-electron chi connectivity index (χ0n) is 11.4. The number of aliphatic hydroxyl groups excluding tert-OH is 1. The molecule has 2 bridgehead atoms. The van der Waals surface area contributed by atoms with Gasteiger partial charge >= 0.3 is 0 Å². The average Bonchev–Trinajstić information content (AvgIpc) is 2.72. The Bertz CT molecular complexity index is 564. The first-order valence-corrected chi connectivity index (χ1v) is 7.36. The van der Waals surface area contributed by atoms with E-state index in [0.717, 1.165) is 31.2 Å². The van der Waals surface area contributed by atoms with Crippen molar-refractivity contribution < 1.29 is 9.90 Å². The molecule has 19 heavy (non-hydrogen) atoms. The van der Waals surface area contributed by atoms with Crippen molar-refractivity contribution in [3.63, 3.8) is 0 Å². The molecule has 0 saturated heterocycles. The van der Waals surface area contributed by atoms with Crippen molar-refractivity contribution in [3.8, 4) is 0 Å². The number of fused-ring (bicyclic) bond motifs is 2. The van der Waals surface area contributed by atoms with Gasteiger partial charge in [0.1, 0.15) is 0 Å². The first-order chi connectivity index (χ1) is 9.05. The van der Waals surface area contributed by atoms with E-state index in [4.69, 9.17) is 0 Å². The van der Waals surface area contributed by atoms with Crippen LogP contribution in [0.2, 0.25) is 0 Å². The van der Waals surface area contributed by atoms with Gasteiger partial charge in [-0.2, -0.15) is 0 Å². The number of hydrogen-bond acceptors (Lipinski definition) is 2. The summed E-state index contributed by atoms with van der Waals surface area (Å²) in [4.78, 5) is 12.3. The van der Waals surface area contributed by atoms with Gasteiger partial charge < -0.3 is 5.11 Å². The molecule has 0 aliphatic heterocycles. The van der Waals surface area contributed by atoms with Crippen LogP contribution in [-0.4, -0.2) is 17.0 Å². The lowest BCUT2D eigenvalue weighted by atomic mass is 9.55. The smallest absolute Gasteiger partial charge is 0.163 e. The Kier molecular flexibility index (Phi) is 2.14. The molecule has 3 aliphatic carbocycles. The first kappa shape index (κ1) is 11.7. The van der Waals surface area contributed by atoms with Gasteiger partial charge in [-0.25, -0.2) is 0 Å². The van der Waals surface area contributed by atoms with Gasteiger partial charge in [-0.1, -0.05) is 31.2 Å². The van der Waals surface area contributed by atoms with Crippen LogP contribution in [0, 0.1) is 11.3 Å². The van der Waals surface area contributed by atoms with Crippen LogP contribution in [-0.2, 0) is 5.41 Å². The Hall–Kier alpha value is -1.15. The van der Waals surface area contributed by atoms with E-state index in [9.17, 15) is 9.90 Å². The molecular formula is C17H20O2. The highest BCUT2D eigenvalue weighted by atomic mass is 16.3. The van der Waals surface area contributed by atoms with E-state index in [0.29, 0.717) is 12.3 Å². The number of carbonyl (C=O) groups is 1. The Morgan fingerprint density at radius 3 is 2.89 bits per heavy atom. The minimum Gasteiger partial charge on any atom is -0.393 e. The second-order valence-corrected chi connectivity index (χ2v) is 7.11. The van der Waals surface area contributed by atoms with E-state index in [1.807, 2.05) is 12.1 Å². The van der Waals surface area contributed by atoms with Crippen LogP contribution in [0.15, 0.2) is 24.3 Å². The van der Waals surface area contributed by atoms with Gasteiger partial charge in [-0.05, 0) is 42.6 Å². The van der Waals surface area contributed by atoms with Crippen LogP contribution in [0.4, 0.5) is 0 Å². The van der Waals surface area contributed by atoms with E-state index in [1.165, 1.54) is 5.56 Å². The van der Waals surface area contributed by atoms with Crippen LogP contribution in [0.25, 0.3) is 0 Å². The number of hydrogen-bond donors (Lipinski definition) is 1. The first-order valence-electron chi connectivity index (χ1n) is 7.36. The molecule has 1 N–H and O–H groups in total. The summed E-state index contributed by atoms with van der Waals surface area (Å²) < 4.78 is 0. The van der Waals surface area contributed by atoms with Gasteiger partial charge in [-0.15, -0.1) is 0 Å². The van der Waals surface area contributed by atoms with E-state index < -0.39 is 0 Å². The Morgan fingerprint density at radius 1 is 1.26 bits per heavy atom. The molecule has 0 unspecified atom stereocenters. The van der Waals surface area contributed by atoms with E-state index >= 15 is 0 Å². The third-order valence-electron chi connectivity index (χ3n) is 6.15. The zero-order chi connectivity index (χ0) is 13.3. The Balaban J connectivity index is 1.91. The summed E-state index contributed by atoms with van der Waals surface area (Å²) in [6, 6.07) is 8.18. The molecule has 2 fully saturated rings. The highest BCUT2D eigenvalue weighted by molar-refractivity contribution is 5.99. The highest BCUT2D eigenvalue weighted by Crippen LogP contribution is 2.64. The largest absolute Gasteiger partial charge is 0.393 e. The van der Waals surface area contributed by atoms with Crippen molar-refractivity contribution in [1.29, 1.82) is 0 Å². The van der Waals surface area contributed by atoms with Crippen LogP contribution >= 0.6 is 0 Å². The summed E-state index contributed by atoms with van der Waals surface area (Å²) in [6.45, 7) is 2.22. The molecule has 1 aromatic carbocycles. The molecule has 3 aliphatic rings. The van der Waals surface area contributed by atoms with Crippen molar-refractivity contribution in [1.82, 2.24) is 0 Å². The third kappa shape index (κ3) is 1.33. The molecule has 1 aromatic rings. The fourth-order valence-corrected chi connectivity index (χ4v) is 5.04. The Morgan fingerprint density at radius 2 is 2.05 bits per heavy atom. The number of rotatable bonds is 0. The standard InChI is InChI=1S/C17H20O2/c1-16-6-7-17(10-16)11(9-15(16)19)8-14(18)12-4-2-3-5-13(12)17/h2-5,11,15,19H,6-10H2,1H3/t11-,15-,16-,17-/m0/s1. The second-order valence-electron chi connectivity index (χ2n) is 7.11. The quantitative estimate of drug-likeness (QED) is 0.774. The lowest BCUT2D eigenvalue weighted by Gasteiger charge is -2.49. The van der Waals surface area contributed by atoms with Gasteiger partial charge in [0, 0.05) is 17.4 Å². The van der Waals surface area contributed by atoms with E-state index in [-0.39, 0.29) is 22.7 Å². The topological polar surface area (TPSA) is 37.3 Å². The van der Waals surface area contributed by atoms with Crippen LogP contribution in [0.3, 0.4) is 0 Å². The van der Waals surface area contributed by atoms with Crippen LogP contribution in [0.1, 0.15) is 54.9 Å². The molecule has 0 amide bonds. The fraction of sp³-hybridized carbons (Fsp3) is 0.588. The van der Waals surface area contributed by atoms with Gasteiger partial charge in [0.05, 0.1) is 6.10 Å². The summed E-state index contributed by atoms with van der Waals surface area (Å²) >= 11 is 0. The molecule has 2 nitrogen and oxygen atoms in total. The monoisotopic (exact) mass is 256 g/mol. The molecule has 0 aromatic heterocycles. The molecule has 2 heteroatoms. The maximum atomic E-state index is 12.3. The molecule has 0 heterocycles.